The van der Waals surface area contributed by atoms with E-state index in [1.165, 1.54) is 18.2 Å². The topological polar surface area (TPSA) is 84.5 Å². The van der Waals surface area contributed by atoms with Crippen LogP contribution in [-0.2, 0) is 9.59 Å². The molecule has 0 aliphatic heterocycles. The molecule has 0 saturated carbocycles. The fraction of sp³-hybridized carbons (Fsp3) is 0. The molecular formula is C9H8FN3O2. The third kappa shape index (κ3) is 3.18. The van der Waals surface area contributed by atoms with Crippen molar-refractivity contribution in [3.63, 3.8) is 0 Å². The van der Waals surface area contributed by atoms with E-state index in [2.05, 4.69) is 10.8 Å². The summed E-state index contributed by atoms with van der Waals surface area (Å²) in [6.45, 7) is 0. The molecule has 0 aliphatic rings. The summed E-state index contributed by atoms with van der Waals surface area (Å²) in [5.41, 5.74) is 6.69. The maximum Gasteiger partial charge on any atom is 0.329 e. The van der Waals surface area contributed by atoms with Crippen molar-refractivity contribution in [1.82, 2.24) is 5.43 Å². The van der Waals surface area contributed by atoms with E-state index in [-0.39, 0.29) is 5.56 Å². The summed E-state index contributed by atoms with van der Waals surface area (Å²) in [5, 5.41) is 3.36. The lowest BCUT2D eigenvalue weighted by Crippen LogP contribution is -2.32. The number of nitrogens with one attached hydrogen (secondary N) is 1. The van der Waals surface area contributed by atoms with Crippen molar-refractivity contribution in [3.05, 3.63) is 35.6 Å². The number of hydrazone groups is 1. The average molecular weight is 209 g/mol. The van der Waals surface area contributed by atoms with E-state index in [1.807, 2.05) is 5.43 Å². The number of nitrogens with two attached hydrogens (primary N) is 1. The predicted octanol–water partition coefficient (Wildman–Crippen LogP) is -0.239. The van der Waals surface area contributed by atoms with E-state index in [1.54, 1.807) is 6.07 Å². The largest absolute Gasteiger partial charge is 0.361 e. The molecule has 0 unspecified atom stereocenters. The first kappa shape index (κ1) is 10.8. The first-order valence-electron chi connectivity index (χ1n) is 3.98. The van der Waals surface area contributed by atoms with Crippen LogP contribution in [0.2, 0.25) is 0 Å². The minimum absolute atomic E-state index is 0.197. The first-order chi connectivity index (χ1) is 7.11. The van der Waals surface area contributed by atoms with E-state index in [0.29, 0.717) is 0 Å². The van der Waals surface area contributed by atoms with Crippen LogP contribution in [0.15, 0.2) is 29.4 Å². The Labute approximate surface area is 84.8 Å². The molecule has 0 heterocycles. The molecule has 3 N–H and O–H groups in total. The van der Waals surface area contributed by atoms with Gasteiger partial charge in [0.2, 0.25) is 0 Å². The molecule has 5 nitrogen and oxygen atoms in total. The van der Waals surface area contributed by atoms with Gasteiger partial charge in [0, 0.05) is 5.56 Å². The number of benzene rings is 1. The number of amides is 2. The van der Waals surface area contributed by atoms with Crippen molar-refractivity contribution in [2.75, 3.05) is 0 Å². The Bertz CT molecular complexity index is 418. The zero-order valence-corrected chi connectivity index (χ0v) is 7.61. The quantitative estimate of drug-likeness (QED) is 0.400. The Morgan fingerprint density at radius 3 is 2.67 bits per heavy atom. The summed E-state index contributed by atoms with van der Waals surface area (Å²) in [6.07, 6.45) is 1.08. The first-order valence-corrected chi connectivity index (χ1v) is 3.98. The lowest BCUT2D eigenvalue weighted by atomic mass is 10.2. The molecule has 0 spiro atoms. The monoisotopic (exact) mass is 209 g/mol. The van der Waals surface area contributed by atoms with Gasteiger partial charge < -0.3 is 5.73 Å². The van der Waals surface area contributed by atoms with Gasteiger partial charge in [-0.3, -0.25) is 9.59 Å². The number of carbonyl (C=O) groups is 2. The normalized spacial score (nSPS) is 10.2. The second kappa shape index (κ2) is 4.85. The summed E-state index contributed by atoms with van der Waals surface area (Å²) >= 11 is 0. The molecule has 0 aromatic heterocycles. The zero-order valence-electron chi connectivity index (χ0n) is 7.61. The minimum Gasteiger partial charge on any atom is -0.361 e. The standard InChI is InChI=1S/C9H8FN3O2/c10-7-4-2-1-3-6(7)5-12-13-9(15)8(11)14/h1-5H,(H2,11,14)(H,13,15). The second-order valence-corrected chi connectivity index (χ2v) is 2.58. The van der Waals surface area contributed by atoms with E-state index in [4.69, 9.17) is 0 Å². The number of halogens is 1. The smallest absolute Gasteiger partial charge is 0.329 e. The summed E-state index contributed by atoms with van der Waals surface area (Å²) in [4.78, 5) is 20.9. The van der Waals surface area contributed by atoms with Gasteiger partial charge in [0.15, 0.2) is 0 Å². The fourth-order valence-corrected chi connectivity index (χ4v) is 0.795. The van der Waals surface area contributed by atoms with Gasteiger partial charge in [-0.05, 0) is 6.07 Å². The third-order valence-corrected chi connectivity index (χ3v) is 1.50. The lowest BCUT2D eigenvalue weighted by Gasteiger charge is -1.95. The van der Waals surface area contributed by atoms with Crippen LogP contribution in [0.25, 0.3) is 0 Å². The average Bonchev–Trinajstić information content (AvgIpc) is 2.20. The van der Waals surface area contributed by atoms with Crippen molar-refractivity contribution in [3.8, 4) is 0 Å². The molecule has 0 bridgehead atoms. The maximum atomic E-state index is 13.0. The second-order valence-electron chi connectivity index (χ2n) is 2.58. The van der Waals surface area contributed by atoms with Gasteiger partial charge in [0.05, 0.1) is 6.21 Å². The van der Waals surface area contributed by atoms with Gasteiger partial charge in [-0.2, -0.15) is 5.10 Å². The Morgan fingerprint density at radius 1 is 1.40 bits per heavy atom. The van der Waals surface area contributed by atoms with E-state index < -0.39 is 17.6 Å². The number of rotatable bonds is 2. The molecule has 6 heteroatoms. The van der Waals surface area contributed by atoms with Gasteiger partial charge in [-0.25, -0.2) is 9.82 Å². The maximum absolute atomic E-state index is 13.0. The zero-order chi connectivity index (χ0) is 11.3. The number of nitrogens with zero attached hydrogens (tertiary/aromatic N) is 1. The number of primary amides is 1. The van der Waals surface area contributed by atoms with Crippen LogP contribution in [0.3, 0.4) is 0 Å². The van der Waals surface area contributed by atoms with Gasteiger partial charge in [-0.1, -0.05) is 18.2 Å². The Kier molecular flexibility index (Phi) is 3.50. The summed E-state index contributed by atoms with van der Waals surface area (Å²) in [7, 11) is 0. The number of hydrogen-bond acceptors (Lipinski definition) is 3. The van der Waals surface area contributed by atoms with Gasteiger partial charge in [0.1, 0.15) is 5.82 Å². The molecule has 1 aromatic carbocycles. The number of hydrogen-bond donors (Lipinski definition) is 2. The minimum atomic E-state index is -1.15. The van der Waals surface area contributed by atoms with Crippen LogP contribution in [0.1, 0.15) is 5.56 Å². The molecular weight excluding hydrogens is 201 g/mol. The number of carbonyl (C=O) groups excluding carboxylic acids is 2. The molecule has 0 atom stereocenters. The molecule has 0 radical (unpaired) electrons. The fourth-order valence-electron chi connectivity index (χ4n) is 0.795. The Morgan fingerprint density at radius 2 is 2.07 bits per heavy atom. The molecule has 0 aliphatic carbocycles. The lowest BCUT2D eigenvalue weighted by molar-refractivity contribution is -0.137. The Balaban J connectivity index is 2.63. The van der Waals surface area contributed by atoms with Crippen LogP contribution in [0.4, 0.5) is 4.39 Å². The van der Waals surface area contributed by atoms with Gasteiger partial charge in [0.25, 0.3) is 0 Å². The van der Waals surface area contributed by atoms with E-state index >= 15 is 0 Å². The van der Waals surface area contributed by atoms with Gasteiger partial charge in [-0.15, -0.1) is 0 Å². The van der Waals surface area contributed by atoms with Crippen LogP contribution < -0.4 is 11.2 Å². The van der Waals surface area contributed by atoms with Crippen molar-refractivity contribution >= 4 is 18.0 Å². The van der Waals surface area contributed by atoms with Crippen LogP contribution >= 0.6 is 0 Å². The van der Waals surface area contributed by atoms with E-state index in [0.717, 1.165) is 6.21 Å². The SMILES string of the molecule is NC(=O)C(=O)NN=Cc1ccccc1F. The Hall–Kier alpha value is -2.24. The van der Waals surface area contributed by atoms with Crippen molar-refractivity contribution in [2.24, 2.45) is 10.8 Å². The summed E-state index contributed by atoms with van der Waals surface area (Å²) in [6, 6.07) is 5.85. The molecule has 2 amide bonds. The van der Waals surface area contributed by atoms with Crippen molar-refractivity contribution < 1.29 is 14.0 Å². The molecule has 0 saturated heterocycles. The molecule has 1 aromatic rings. The predicted molar refractivity (Wildman–Crippen MR) is 51.3 cm³/mol. The highest BCUT2D eigenvalue weighted by molar-refractivity contribution is 6.34. The summed E-state index contributed by atoms with van der Waals surface area (Å²) < 4.78 is 13.0. The van der Waals surface area contributed by atoms with Crippen molar-refractivity contribution in [2.45, 2.75) is 0 Å². The van der Waals surface area contributed by atoms with E-state index in [9.17, 15) is 14.0 Å². The van der Waals surface area contributed by atoms with Gasteiger partial charge >= 0.3 is 11.8 Å². The highest BCUT2D eigenvalue weighted by atomic mass is 19.1. The highest BCUT2D eigenvalue weighted by Gasteiger charge is 2.05. The van der Waals surface area contributed by atoms with Crippen LogP contribution in [0, 0.1) is 5.82 Å². The molecule has 15 heavy (non-hydrogen) atoms. The highest BCUT2D eigenvalue weighted by Crippen LogP contribution is 2.02. The molecule has 78 valence electrons. The summed E-state index contributed by atoms with van der Waals surface area (Å²) in [5.74, 6) is -2.68. The van der Waals surface area contributed by atoms with Crippen LogP contribution in [0.5, 0.6) is 0 Å². The van der Waals surface area contributed by atoms with Crippen molar-refractivity contribution in [1.29, 1.82) is 0 Å². The third-order valence-electron chi connectivity index (χ3n) is 1.50. The van der Waals surface area contributed by atoms with Crippen LogP contribution in [-0.4, -0.2) is 18.0 Å². The molecule has 1 rings (SSSR count). The molecule has 0 fully saturated rings.